The molecule has 0 spiro atoms. The minimum atomic E-state index is -0.0786. The van der Waals surface area contributed by atoms with Crippen LogP contribution in [0.4, 0.5) is 5.95 Å². The van der Waals surface area contributed by atoms with Crippen molar-refractivity contribution in [1.29, 1.82) is 0 Å². The van der Waals surface area contributed by atoms with Gasteiger partial charge in [0.25, 0.3) is 0 Å². The summed E-state index contributed by atoms with van der Waals surface area (Å²) in [5, 5.41) is 18.1. The Morgan fingerprint density at radius 1 is 1.22 bits per heavy atom. The molecule has 142 valence electrons. The molecule has 3 aromatic heterocycles. The molecule has 0 atom stereocenters. The van der Waals surface area contributed by atoms with E-state index in [9.17, 15) is 4.79 Å². The van der Waals surface area contributed by atoms with Crippen LogP contribution in [0.3, 0.4) is 0 Å². The normalized spacial score (nSPS) is 14.8. The van der Waals surface area contributed by atoms with E-state index in [-0.39, 0.29) is 5.91 Å². The van der Waals surface area contributed by atoms with Gasteiger partial charge in [-0.1, -0.05) is 31.7 Å². The summed E-state index contributed by atoms with van der Waals surface area (Å²) in [6.45, 7) is 0. The number of carbonyl (C=O) groups excluding carboxylic acids is 1. The second-order valence-corrected chi connectivity index (χ2v) is 7.24. The van der Waals surface area contributed by atoms with Crippen LogP contribution in [0, 0.1) is 5.92 Å². The van der Waals surface area contributed by atoms with Gasteiger partial charge in [0, 0.05) is 25.5 Å². The number of fused-ring (bicyclic) bond motifs is 1. The first-order valence-electron chi connectivity index (χ1n) is 9.78. The largest absolute Gasteiger partial charge is 0.293 e. The number of carbonyl (C=O) groups is 1. The van der Waals surface area contributed by atoms with E-state index in [1.165, 1.54) is 25.7 Å². The van der Waals surface area contributed by atoms with Crippen molar-refractivity contribution in [2.75, 3.05) is 5.32 Å². The molecule has 4 rings (SSSR count). The van der Waals surface area contributed by atoms with Crippen LogP contribution in [0.2, 0.25) is 0 Å². The van der Waals surface area contributed by atoms with Crippen LogP contribution in [0.15, 0.2) is 24.4 Å². The van der Waals surface area contributed by atoms with Crippen molar-refractivity contribution < 1.29 is 4.79 Å². The van der Waals surface area contributed by atoms with E-state index in [1.807, 2.05) is 28.8 Å². The molecular weight excluding hydrogens is 342 g/mol. The summed E-state index contributed by atoms with van der Waals surface area (Å²) >= 11 is 0. The zero-order chi connectivity index (χ0) is 18.5. The van der Waals surface area contributed by atoms with Crippen molar-refractivity contribution in [3.8, 4) is 0 Å². The van der Waals surface area contributed by atoms with Gasteiger partial charge < -0.3 is 0 Å². The van der Waals surface area contributed by atoms with Crippen LogP contribution in [0.25, 0.3) is 5.65 Å². The first-order chi connectivity index (χ1) is 13.3. The summed E-state index contributed by atoms with van der Waals surface area (Å²) in [7, 11) is 0. The average molecular weight is 367 g/mol. The fourth-order valence-electron chi connectivity index (χ4n) is 3.76. The molecule has 1 aliphatic rings. The van der Waals surface area contributed by atoms with Gasteiger partial charge in [-0.15, -0.1) is 15.3 Å². The van der Waals surface area contributed by atoms with Crippen molar-refractivity contribution in [1.82, 2.24) is 29.8 Å². The molecule has 0 radical (unpaired) electrons. The lowest BCUT2D eigenvalue weighted by molar-refractivity contribution is -0.116. The van der Waals surface area contributed by atoms with Crippen LogP contribution in [0.5, 0.6) is 0 Å². The van der Waals surface area contributed by atoms with Gasteiger partial charge in [-0.05, 0) is 30.9 Å². The SMILES string of the molecule is O=C(CCCc1nnc2ccccn12)Nc1n[nH]c(CCC2CCCC2)n1. The second kappa shape index (κ2) is 8.28. The van der Waals surface area contributed by atoms with Gasteiger partial charge in [0.05, 0.1) is 0 Å². The number of H-pyrrole nitrogens is 1. The van der Waals surface area contributed by atoms with Crippen LogP contribution in [-0.2, 0) is 17.6 Å². The number of aromatic amines is 1. The summed E-state index contributed by atoms with van der Waals surface area (Å²) in [5.74, 6) is 2.83. The van der Waals surface area contributed by atoms with Crippen LogP contribution >= 0.6 is 0 Å². The molecule has 1 amide bonds. The van der Waals surface area contributed by atoms with E-state index < -0.39 is 0 Å². The Morgan fingerprint density at radius 2 is 2.11 bits per heavy atom. The summed E-state index contributed by atoms with van der Waals surface area (Å²) in [6, 6.07) is 5.79. The Hall–Kier alpha value is -2.77. The van der Waals surface area contributed by atoms with Crippen molar-refractivity contribution >= 4 is 17.5 Å². The predicted octanol–water partition coefficient (Wildman–Crippen LogP) is 2.93. The number of pyridine rings is 1. The third-order valence-corrected chi connectivity index (χ3v) is 5.24. The first kappa shape index (κ1) is 17.6. The number of aromatic nitrogens is 6. The van der Waals surface area contributed by atoms with Crippen LogP contribution in [-0.4, -0.2) is 35.7 Å². The van der Waals surface area contributed by atoms with Crippen LogP contribution < -0.4 is 5.32 Å². The van der Waals surface area contributed by atoms with Gasteiger partial charge in [-0.25, -0.2) is 0 Å². The highest BCUT2D eigenvalue weighted by molar-refractivity contribution is 5.88. The highest BCUT2D eigenvalue weighted by atomic mass is 16.1. The lowest BCUT2D eigenvalue weighted by atomic mass is 10.0. The summed E-state index contributed by atoms with van der Waals surface area (Å²) in [6.07, 6.45) is 11.1. The molecule has 0 unspecified atom stereocenters. The Morgan fingerprint density at radius 3 is 3.00 bits per heavy atom. The molecule has 1 fully saturated rings. The first-order valence-corrected chi connectivity index (χ1v) is 9.78. The van der Waals surface area contributed by atoms with E-state index in [4.69, 9.17) is 0 Å². The maximum absolute atomic E-state index is 12.1. The Balaban J connectivity index is 1.21. The second-order valence-electron chi connectivity index (χ2n) is 7.24. The molecule has 1 saturated carbocycles. The Bertz CT molecular complexity index is 894. The van der Waals surface area contributed by atoms with E-state index in [0.717, 1.165) is 36.1 Å². The van der Waals surface area contributed by atoms with Crippen molar-refractivity contribution in [2.45, 2.75) is 57.8 Å². The molecule has 8 heteroatoms. The van der Waals surface area contributed by atoms with Crippen molar-refractivity contribution in [3.63, 3.8) is 0 Å². The van der Waals surface area contributed by atoms with Gasteiger partial charge >= 0.3 is 0 Å². The fraction of sp³-hybridized carbons (Fsp3) is 0.526. The van der Waals surface area contributed by atoms with Crippen LogP contribution in [0.1, 0.15) is 56.6 Å². The molecular formula is C19H25N7O. The number of amides is 1. The maximum Gasteiger partial charge on any atom is 0.248 e. The van der Waals surface area contributed by atoms with E-state index in [0.29, 0.717) is 25.2 Å². The molecule has 0 aliphatic heterocycles. The monoisotopic (exact) mass is 367 g/mol. The number of nitrogens with one attached hydrogen (secondary N) is 2. The van der Waals surface area contributed by atoms with Gasteiger partial charge in [0.1, 0.15) is 11.6 Å². The van der Waals surface area contributed by atoms with E-state index >= 15 is 0 Å². The Labute approximate surface area is 157 Å². The number of aryl methyl sites for hydroxylation is 2. The minimum absolute atomic E-state index is 0.0786. The molecule has 27 heavy (non-hydrogen) atoms. The van der Waals surface area contributed by atoms with Crippen molar-refractivity contribution in [2.24, 2.45) is 5.92 Å². The minimum Gasteiger partial charge on any atom is -0.293 e. The molecule has 3 heterocycles. The average Bonchev–Trinajstić information content (AvgIpc) is 3.41. The fourth-order valence-corrected chi connectivity index (χ4v) is 3.76. The number of nitrogens with zero attached hydrogens (tertiary/aromatic N) is 5. The van der Waals surface area contributed by atoms with E-state index in [1.54, 1.807) is 0 Å². The zero-order valence-electron chi connectivity index (χ0n) is 15.4. The number of hydrogen-bond acceptors (Lipinski definition) is 5. The van der Waals surface area contributed by atoms with Gasteiger partial charge in [0.2, 0.25) is 11.9 Å². The molecule has 2 N–H and O–H groups in total. The molecule has 1 aliphatic carbocycles. The standard InChI is InChI=1S/C19H25N7O/c27-18(10-5-9-17-24-23-16-8-3-4-13-26(16)17)21-19-20-15(22-25-19)12-11-14-6-1-2-7-14/h3-4,8,13-14H,1-2,5-7,9-12H2,(H2,20,21,22,25,27). The topological polar surface area (TPSA) is 101 Å². The highest BCUT2D eigenvalue weighted by Crippen LogP contribution is 2.28. The predicted molar refractivity (Wildman–Crippen MR) is 101 cm³/mol. The smallest absolute Gasteiger partial charge is 0.248 e. The third-order valence-electron chi connectivity index (χ3n) is 5.24. The number of hydrogen-bond donors (Lipinski definition) is 2. The Kier molecular flexibility index (Phi) is 5.41. The van der Waals surface area contributed by atoms with Gasteiger partial charge in [-0.2, -0.15) is 4.98 Å². The number of rotatable bonds is 8. The molecule has 0 aromatic carbocycles. The summed E-state index contributed by atoms with van der Waals surface area (Å²) < 4.78 is 1.95. The molecule has 0 saturated heterocycles. The molecule has 3 aromatic rings. The molecule has 8 nitrogen and oxygen atoms in total. The summed E-state index contributed by atoms with van der Waals surface area (Å²) in [5.41, 5.74) is 0.822. The lowest BCUT2D eigenvalue weighted by Crippen LogP contribution is -2.13. The van der Waals surface area contributed by atoms with Crippen molar-refractivity contribution in [3.05, 3.63) is 36.0 Å². The zero-order valence-corrected chi connectivity index (χ0v) is 15.4. The van der Waals surface area contributed by atoms with E-state index in [2.05, 4.69) is 30.7 Å². The third kappa shape index (κ3) is 4.50. The summed E-state index contributed by atoms with van der Waals surface area (Å²) in [4.78, 5) is 16.5. The quantitative estimate of drug-likeness (QED) is 0.637. The van der Waals surface area contributed by atoms with Gasteiger partial charge in [-0.3, -0.25) is 19.6 Å². The van der Waals surface area contributed by atoms with Gasteiger partial charge in [0.15, 0.2) is 5.65 Å². The maximum atomic E-state index is 12.1. The highest BCUT2D eigenvalue weighted by Gasteiger charge is 2.16. The lowest BCUT2D eigenvalue weighted by Gasteiger charge is -2.05. The number of anilines is 1. The molecule has 0 bridgehead atoms.